The number of rotatable bonds is 5. The van der Waals surface area contributed by atoms with Gasteiger partial charge in [0.25, 0.3) is 5.91 Å². The molecule has 1 aromatic carbocycles. The molecule has 1 aromatic rings. The number of nitrogens with zero attached hydrogens (tertiary/aromatic N) is 1. The van der Waals surface area contributed by atoms with Gasteiger partial charge in [0.05, 0.1) is 0 Å². The molecule has 1 rings (SSSR count). The maximum Gasteiger partial charge on any atom is 0.253 e. The average molecular weight is 269 g/mol. The standard InChI is InChI=1S/C13H17ClN2O2/c1-16(2)13(18)10-5-3-6-11(9-10)15-12(17)7-4-8-14/h3,5-6,9H,4,7-8H2,1-2H3,(H,15,17). The number of benzene rings is 1. The number of carbonyl (C=O) groups excluding carboxylic acids is 2. The molecule has 0 heterocycles. The van der Waals surface area contributed by atoms with Gasteiger partial charge in [0, 0.05) is 37.6 Å². The van der Waals surface area contributed by atoms with Gasteiger partial charge in [-0.05, 0) is 24.6 Å². The van der Waals surface area contributed by atoms with Gasteiger partial charge >= 0.3 is 0 Å². The summed E-state index contributed by atoms with van der Waals surface area (Å²) in [5.41, 5.74) is 1.18. The van der Waals surface area contributed by atoms with E-state index in [1.54, 1.807) is 38.4 Å². The second kappa shape index (κ2) is 7.01. The van der Waals surface area contributed by atoms with Crippen molar-refractivity contribution in [3.63, 3.8) is 0 Å². The number of halogens is 1. The van der Waals surface area contributed by atoms with Gasteiger partial charge in [-0.1, -0.05) is 6.07 Å². The van der Waals surface area contributed by atoms with E-state index >= 15 is 0 Å². The van der Waals surface area contributed by atoms with Crippen molar-refractivity contribution < 1.29 is 9.59 Å². The summed E-state index contributed by atoms with van der Waals surface area (Å²) in [5, 5.41) is 2.74. The van der Waals surface area contributed by atoms with Crippen LogP contribution >= 0.6 is 11.6 Å². The monoisotopic (exact) mass is 268 g/mol. The molecule has 0 fully saturated rings. The number of amides is 2. The molecule has 0 radical (unpaired) electrons. The highest BCUT2D eigenvalue weighted by Crippen LogP contribution is 2.12. The largest absolute Gasteiger partial charge is 0.345 e. The van der Waals surface area contributed by atoms with E-state index < -0.39 is 0 Å². The van der Waals surface area contributed by atoms with E-state index in [2.05, 4.69) is 5.32 Å². The van der Waals surface area contributed by atoms with Crippen LogP contribution in [0, 0.1) is 0 Å². The lowest BCUT2D eigenvalue weighted by molar-refractivity contribution is -0.116. The van der Waals surface area contributed by atoms with Crippen molar-refractivity contribution in [2.75, 3.05) is 25.3 Å². The van der Waals surface area contributed by atoms with Gasteiger partial charge in [-0.3, -0.25) is 9.59 Å². The molecule has 0 aliphatic carbocycles. The van der Waals surface area contributed by atoms with Crippen LogP contribution in [0.15, 0.2) is 24.3 Å². The maximum absolute atomic E-state index is 11.8. The maximum atomic E-state index is 11.8. The van der Waals surface area contributed by atoms with E-state index in [0.717, 1.165) is 0 Å². The van der Waals surface area contributed by atoms with Crippen molar-refractivity contribution in [1.29, 1.82) is 0 Å². The molecule has 18 heavy (non-hydrogen) atoms. The highest BCUT2D eigenvalue weighted by Gasteiger charge is 2.09. The molecule has 0 spiro atoms. The Labute approximate surface area is 112 Å². The second-order valence-electron chi connectivity index (χ2n) is 4.12. The molecule has 0 atom stereocenters. The third-order valence-electron chi connectivity index (χ3n) is 2.34. The summed E-state index contributed by atoms with van der Waals surface area (Å²) in [5.74, 6) is 0.281. The average Bonchev–Trinajstić information content (AvgIpc) is 2.35. The Morgan fingerprint density at radius 2 is 2.06 bits per heavy atom. The first-order valence-corrected chi connectivity index (χ1v) is 6.25. The molecular weight excluding hydrogens is 252 g/mol. The lowest BCUT2D eigenvalue weighted by Crippen LogP contribution is -2.21. The zero-order chi connectivity index (χ0) is 13.5. The zero-order valence-corrected chi connectivity index (χ0v) is 11.3. The molecular formula is C13H17ClN2O2. The van der Waals surface area contributed by atoms with E-state index in [1.165, 1.54) is 4.90 Å². The molecule has 0 aliphatic rings. The predicted molar refractivity (Wildman–Crippen MR) is 73.0 cm³/mol. The van der Waals surface area contributed by atoms with Crippen molar-refractivity contribution in [2.45, 2.75) is 12.8 Å². The van der Waals surface area contributed by atoms with Gasteiger partial charge in [-0.2, -0.15) is 0 Å². The van der Waals surface area contributed by atoms with Crippen LogP contribution in [0.2, 0.25) is 0 Å². The predicted octanol–water partition coefficient (Wildman–Crippen LogP) is 2.35. The minimum Gasteiger partial charge on any atom is -0.345 e. The van der Waals surface area contributed by atoms with Crippen LogP contribution in [-0.2, 0) is 4.79 Å². The fourth-order valence-electron chi connectivity index (χ4n) is 1.44. The van der Waals surface area contributed by atoms with Crippen LogP contribution in [-0.4, -0.2) is 36.7 Å². The van der Waals surface area contributed by atoms with E-state index in [9.17, 15) is 9.59 Å². The number of nitrogens with one attached hydrogen (secondary N) is 1. The quantitative estimate of drug-likeness (QED) is 0.834. The fraction of sp³-hybridized carbons (Fsp3) is 0.385. The summed E-state index contributed by atoms with van der Waals surface area (Å²) in [6.07, 6.45) is 1.03. The molecule has 2 amide bonds. The van der Waals surface area contributed by atoms with E-state index in [0.29, 0.717) is 30.0 Å². The first kappa shape index (κ1) is 14.5. The number of hydrogen-bond donors (Lipinski definition) is 1. The van der Waals surface area contributed by atoms with Crippen LogP contribution in [0.4, 0.5) is 5.69 Å². The van der Waals surface area contributed by atoms with Gasteiger partial charge in [-0.25, -0.2) is 0 Å². The molecule has 0 aliphatic heterocycles. The minimum absolute atomic E-state index is 0.0909. The Morgan fingerprint density at radius 3 is 2.67 bits per heavy atom. The van der Waals surface area contributed by atoms with Crippen molar-refractivity contribution in [1.82, 2.24) is 4.90 Å². The fourth-order valence-corrected chi connectivity index (χ4v) is 1.57. The van der Waals surface area contributed by atoms with Gasteiger partial charge in [0.15, 0.2) is 0 Å². The van der Waals surface area contributed by atoms with E-state index in [1.807, 2.05) is 0 Å². The molecule has 0 bridgehead atoms. The van der Waals surface area contributed by atoms with Crippen molar-refractivity contribution in [2.24, 2.45) is 0 Å². The third kappa shape index (κ3) is 4.37. The first-order valence-electron chi connectivity index (χ1n) is 5.72. The lowest BCUT2D eigenvalue weighted by atomic mass is 10.1. The normalized spacial score (nSPS) is 9.94. The Balaban J connectivity index is 2.70. The van der Waals surface area contributed by atoms with Crippen molar-refractivity contribution in [3.05, 3.63) is 29.8 Å². The van der Waals surface area contributed by atoms with Gasteiger partial charge in [0.1, 0.15) is 0 Å². The van der Waals surface area contributed by atoms with Crippen LogP contribution in [0.25, 0.3) is 0 Å². The van der Waals surface area contributed by atoms with E-state index in [4.69, 9.17) is 11.6 Å². The lowest BCUT2D eigenvalue weighted by Gasteiger charge is -2.11. The highest BCUT2D eigenvalue weighted by molar-refractivity contribution is 6.18. The Morgan fingerprint density at radius 1 is 1.33 bits per heavy atom. The first-order chi connectivity index (χ1) is 8.54. The topological polar surface area (TPSA) is 49.4 Å². The Hall–Kier alpha value is -1.55. The number of hydrogen-bond acceptors (Lipinski definition) is 2. The van der Waals surface area contributed by atoms with Crippen LogP contribution in [0.1, 0.15) is 23.2 Å². The van der Waals surface area contributed by atoms with Gasteiger partial charge < -0.3 is 10.2 Å². The van der Waals surface area contributed by atoms with Crippen molar-refractivity contribution in [3.8, 4) is 0 Å². The summed E-state index contributed by atoms with van der Waals surface area (Å²) >= 11 is 5.52. The third-order valence-corrected chi connectivity index (χ3v) is 2.60. The molecule has 0 saturated carbocycles. The van der Waals surface area contributed by atoms with Gasteiger partial charge in [0.2, 0.25) is 5.91 Å². The summed E-state index contributed by atoms with van der Waals surface area (Å²) in [6.45, 7) is 0. The molecule has 0 saturated heterocycles. The summed E-state index contributed by atoms with van der Waals surface area (Å²) < 4.78 is 0. The molecule has 0 aromatic heterocycles. The Bertz CT molecular complexity index is 433. The smallest absolute Gasteiger partial charge is 0.253 e. The van der Waals surface area contributed by atoms with Crippen LogP contribution < -0.4 is 5.32 Å². The van der Waals surface area contributed by atoms with Crippen LogP contribution in [0.3, 0.4) is 0 Å². The molecule has 5 heteroatoms. The number of alkyl halides is 1. The number of carbonyl (C=O) groups is 2. The Kier molecular flexibility index (Phi) is 5.65. The van der Waals surface area contributed by atoms with Gasteiger partial charge in [-0.15, -0.1) is 11.6 Å². The zero-order valence-electron chi connectivity index (χ0n) is 10.6. The number of anilines is 1. The SMILES string of the molecule is CN(C)C(=O)c1cccc(NC(=O)CCCCl)c1. The molecule has 4 nitrogen and oxygen atoms in total. The van der Waals surface area contributed by atoms with Crippen molar-refractivity contribution >= 4 is 29.1 Å². The highest BCUT2D eigenvalue weighted by atomic mass is 35.5. The van der Waals surface area contributed by atoms with Crippen LogP contribution in [0.5, 0.6) is 0 Å². The molecule has 98 valence electrons. The van der Waals surface area contributed by atoms with E-state index in [-0.39, 0.29) is 11.8 Å². The molecule has 1 N–H and O–H groups in total. The second-order valence-corrected chi connectivity index (χ2v) is 4.50. The summed E-state index contributed by atoms with van der Waals surface area (Å²) in [4.78, 5) is 24.8. The minimum atomic E-state index is -0.0925. The summed E-state index contributed by atoms with van der Waals surface area (Å²) in [6, 6.07) is 6.89. The summed E-state index contributed by atoms with van der Waals surface area (Å²) in [7, 11) is 3.38. The molecule has 0 unspecified atom stereocenters.